The molecule has 2 aromatic heterocycles. The van der Waals surface area contributed by atoms with Crippen LogP contribution in [0.4, 0.5) is 0 Å². The van der Waals surface area contributed by atoms with Crippen molar-refractivity contribution < 1.29 is 17.6 Å². The van der Waals surface area contributed by atoms with Crippen LogP contribution in [0.15, 0.2) is 68.7 Å². The molecule has 0 N–H and O–H groups in total. The fourth-order valence-electron chi connectivity index (χ4n) is 4.33. The lowest BCUT2D eigenvalue weighted by molar-refractivity contribution is 0.0938. The summed E-state index contributed by atoms with van der Waals surface area (Å²) in [6.07, 6.45) is 0.610. The molecule has 1 aliphatic rings. The molecule has 168 valence electrons. The van der Waals surface area contributed by atoms with Gasteiger partial charge in [0.1, 0.15) is 16.0 Å². The highest BCUT2D eigenvalue weighted by atomic mass is 32.2. The van der Waals surface area contributed by atoms with Gasteiger partial charge in [-0.2, -0.15) is 14.1 Å². The molecule has 0 aliphatic carbocycles. The fraction of sp³-hybridized carbons (Fsp3) is 0.208. The highest BCUT2D eigenvalue weighted by Crippen LogP contribution is 2.29. The van der Waals surface area contributed by atoms with E-state index in [2.05, 4.69) is 5.10 Å². The van der Waals surface area contributed by atoms with E-state index in [1.807, 2.05) is 24.3 Å². The first-order chi connectivity index (χ1) is 15.8. The number of carbonyl (C=O) groups excluding carboxylic acids is 1. The topological polar surface area (TPSA) is 102 Å². The van der Waals surface area contributed by atoms with Gasteiger partial charge in [0.25, 0.3) is 5.91 Å². The molecule has 3 heterocycles. The largest absolute Gasteiger partial charge is 0.422 e. The maximum Gasteiger partial charge on any atom is 0.349 e. The number of para-hydroxylation sites is 1. The Morgan fingerprint density at radius 1 is 1.03 bits per heavy atom. The molecule has 5 rings (SSSR count). The van der Waals surface area contributed by atoms with Gasteiger partial charge in [-0.1, -0.05) is 42.5 Å². The van der Waals surface area contributed by atoms with Crippen LogP contribution >= 0.6 is 0 Å². The summed E-state index contributed by atoms with van der Waals surface area (Å²) in [4.78, 5) is 25.6. The summed E-state index contributed by atoms with van der Waals surface area (Å²) < 4.78 is 34.7. The molecule has 0 amide bonds. The number of aryl methyl sites for hydroxylation is 1. The maximum atomic E-state index is 13.5. The van der Waals surface area contributed by atoms with Gasteiger partial charge in [0.2, 0.25) is 10.0 Å². The molecule has 4 aromatic rings. The number of sulfonamides is 1. The lowest BCUT2D eigenvalue weighted by atomic mass is 10.0. The van der Waals surface area contributed by atoms with Gasteiger partial charge in [-0.25, -0.2) is 13.2 Å². The molecule has 0 radical (unpaired) electrons. The third-order valence-corrected chi connectivity index (χ3v) is 8.08. The maximum absolute atomic E-state index is 13.5. The van der Waals surface area contributed by atoms with Crippen molar-refractivity contribution in [1.82, 2.24) is 14.1 Å². The Hall–Kier alpha value is -3.56. The molecule has 0 bridgehead atoms. The fourth-order valence-corrected chi connectivity index (χ4v) is 6.10. The molecule has 8 nitrogen and oxygen atoms in total. The average molecular weight is 464 g/mol. The predicted octanol–water partition coefficient (Wildman–Crippen LogP) is 3.04. The summed E-state index contributed by atoms with van der Waals surface area (Å²) >= 11 is 0. The number of rotatable bonds is 3. The third-order valence-electron chi connectivity index (χ3n) is 5.98. The van der Waals surface area contributed by atoms with Gasteiger partial charge in [0.15, 0.2) is 0 Å². The van der Waals surface area contributed by atoms with E-state index < -0.39 is 21.6 Å². The van der Waals surface area contributed by atoms with Gasteiger partial charge >= 0.3 is 5.63 Å². The van der Waals surface area contributed by atoms with Crippen LogP contribution in [0.25, 0.3) is 11.0 Å². The number of carbonyl (C=O) groups is 1. The van der Waals surface area contributed by atoms with Crippen molar-refractivity contribution in [3.05, 3.63) is 93.1 Å². The van der Waals surface area contributed by atoms with Crippen LogP contribution in [-0.2, 0) is 23.0 Å². The molecule has 33 heavy (non-hydrogen) atoms. The Kier molecular flexibility index (Phi) is 5.02. The first-order valence-electron chi connectivity index (χ1n) is 10.5. The van der Waals surface area contributed by atoms with Gasteiger partial charge in [-0.15, -0.1) is 0 Å². The first-order valence-corrected chi connectivity index (χ1v) is 11.9. The Morgan fingerprint density at radius 3 is 2.52 bits per heavy atom. The van der Waals surface area contributed by atoms with E-state index in [0.29, 0.717) is 23.9 Å². The van der Waals surface area contributed by atoms with Gasteiger partial charge in [-0.3, -0.25) is 4.79 Å². The van der Waals surface area contributed by atoms with Crippen molar-refractivity contribution in [1.29, 1.82) is 0 Å². The van der Waals surface area contributed by atoms with Crippen molar-refractivity contribution >= 4 is 26.9 Å². The van der Waals surface area contributed by atoms with Crippen molar-refractivity contribution in [2.75, 3.05) is 6.54 Å². The van der Waals surface area contributed by atoms with Gasteiger partial charge < -0.3 is 4.42 Å². The third kappa shape index (κ3) is 3.49. The van der Waals surface area contributed by atoms with Crippen LogP contribution in [0.5, 0.6) is 0 Å². The average Bonchev–Trinajstić information content (AvgIpc) is 3.12. The molecule has 0 saturated carbocycles. The second-order valence-electron chi connectivity index (χ2n) is 8.06. The van der Waals surface area contributed by atoms with Crippen molar-refractivity contribution in [2.24, 2.45) is 0 Å². The van der Waals surface area contributed by atoms with Gasteiger partial charge in [0, 0.05) is 18.5 Å². The Bertz CT molecular complexity index is 1580. The van der Waals surface area contributed by atoms with Crippen LogP contribution in [-0.4, -0.2) is 35.0 Å². The Balaban J connectivity index is 1.55. The van der Waals surface area contributed by atoms with E-state index in [1.54, 1.807) is 31.2 Å². The number of hydrogen-bond donors (Lipinski definition) is 0. The number of hydrogen-bond acceptors (Lipinski definition) is 6. The summed E-state index contributed by atoms with van der Waals surface area (Å²) in [5.74, 6) is -0.736. The van der Waals surface area contributed by atoms with Crippen LogP contribution in [0.1, 0.15) is 32.9 Å². The SMILES string of the molecule is Cc1nn(C(=O)c2cc3ccccc3oc2=O)c(C)c1S(=O)(=O)N1CCc2ccccc2C1. The molecule has 0 saturated heterocycles. The highest BCUT2D eigenvalue weighted by Gasteiger charge is 2.34. The molecule has 0 fully saturated rings. The summed E-state index contributed by atoms with van der Waals surface area (Å²) in [5.41, 5.74) is 1.79. The Morgan fingerprint density at radius 2 is 1.73 bits per heavy atom. The normalized spacial score (nSPS) is 14.4. The van der Waals surface area contributed by atoms with Crippen LogP contribution < -0.4 is 5.63 Å². The molecule has 0 atom stereocenters. The predicted molar refractivity (Wildman–Crippen MR) is 122 cm³/mol. The quantitative estimate of drug-likeness (QED) is 0.433. The van der Waals surface area contributed by atoms with Gasteiger partial charge in [-0.05, 0) is 43.5 Å². The monoisotopic (exact) mass is 463 g/mol. The molecule has 0 spiro atoms. The van der Waals surface area contributed by atoms with E-state index in [0.717, 1.165) is 15.8 Å². The standard InChI is InChI=1S/C24H21N3O5S/c1-15-22(33(30,31)26-12-11-17-7-3-4-9-19(17)14-26)16(2)27(25-15)23(28)20-13-18-8-5-6-10-21(18)32-24(20)29/h3-10,13H,11-12,14H2,1-2H3. The van der Waals surface area contributed by atoms with E-state index >= 15 is 0 Å². The molecule has 0 unspecified atom stereocenters. The summed E-state index contributed by atoms with van der Waals surface area (Å²) in [7, 11) is -3.91. The zero-order valence-corrected chi connectivity index (χ0v) is 18.9. The smallest absolute Gasteiger partial charge is 0.349 e. The molecule has 1 aliphatic heterocycles. The van der Waals surface area contributed by atoms with Crippen molar-refractivity contribution in [2.45, 2.75) is 31.7 Å². The second-order valence-corrected chi connectivity index (χ2v) is 9.93. The lowest BCUT2D eigenvalue weighted by Gasteiger charge is -2.28. The minimum atomic E-state index is -3.91. The summed E-state index contributed by atoms with van der Waals surface area (Å²) in [6.45, 7) is 3.66. The molecular weight excluding hydrogens is 442 g/mol. The van der Waals surface area contributed by atoms with E-state index in [-0.39, 0.29) is 28.4 Å². The zero-order valence-electron chi connectivity index (χ0n) is 18.1. The van der Waals surface area contributed by atoms with Crippen molar-refractivity contribution in [3.63, 3.8) is 0 Å². The summed E-state index contributed by atoms with van der Waals surface area (Å²) in [5, 5.41) is 4.78. The number of aromatic nitrogens is 2. The first kappa shape index (κ1) is 21.3. The van der Waals surface area contributed by atoms with Gasteiger partial charge in [0.05, 0.1) is 11.4 Å². The number of fused-ring (bicyclic) bond motifs is 2. The summed E-state index contributed by atoms with van der Waals surface area (Å²) in [6, 6.07) is 16.0. The molecular formula is C24H21N3O5S. The Labute approximate surface area is 190 Å². The minimum Gasteiger partial charge on any atom is -0.422 e. The number of benzene rings is 2. The van der Waals surface area contributed by atoms with Crippen LogP contribution in [0, 0.1) is 13.8 Å². The zero-order chi connectivity index (χ0) is 23.3. The minimum absolute atomic E-state index is 0.0135. The molecule has 9 heteroatoms. The van der Waals surface area contributed by atoms with E-state index in [9.17, 15) is 18.0 Å². The lowest BCUT2D eigenvalue weighted by Crippen LogP contribution is -2.36. The van der Waals surface area contributed by atoms with E-state index in [4.69, 9.17) is 4.42 Å². The number of nitrogens with zero attached hydrogens (tertiary/aromatic N) is 3. The van der Waals surface area contributed by atoms with Crippen LogP contribution in [0.2, 0.25) is 0 Å². The second kappa shape index (κ2) is 7.79. The van der Waals surface area contributed by atoms with Crippen LogP contribution in [0.3, 0.4) is 0 Å². The highest BCUT2D eigenvalue weighted by molar-refractivity contribution is 7.89. The van der Waals surface area contributed by atoms with E-state index in [1.165, 1.54) is 17.3 Å². The molecule has 2 aromatic carbocycles. The van der Waals surface area contributed by atoms with Crippen molar-refractivity contribution in [3.8, 4) is 0 Å².